The number of halogens is 1. The summed E-state index contributed by atoms with van der Waals surface area (Å²) in [6.45, 7) is 0.399. The first kappa shape index (κ1) is 21.7. The lowest BCUT2D eigenvalue weighted by atomic mass is 10.1. The van der Waals surface area contributed by atoms with Crippen molar-refractivity contribution in [2.24, 2.45) is 0 Å². The number of rotatable bonds is 7. The van der Waals surface area contributed by atoms with Gasteiger partial charge in [-0.3, -0.25) is 14.9 Å². The second-order valence-electron chi connectivity index (χ2n) is 6.36. The molecule has 3 rings (SSSR count). The fourth-order valence-electron chi connectivity index (χ4n) is 2.70. The maximum absolute atomic E-state index is 12.5. The number of nitrogens with one attached hydrogen (secondary N) is 1. The van der Waals surface area contributed by atoms with Gasteiger partial charge in [0.05, 0.1) is 9.40 Å². The molecule has 3 aromatic carbocycles. The van der Waals surface area contributed by atoms with Crippen molar-refractivity contribution in [2.75, 3.05) is 5.32 Å². The van der Waals surface area contributed by atoms with E-state index in [1.54, 1.807) is 24.3 Å². The first-order chi connectivity index (χ1) is 15.0. The van der Waals surface area contributed by atoms with Gasteiger partial charge in [0.15, 0.2) is 0 Å². The quantitative estimate of drug-likeness (QED) is 0.210. The molecule has 0 radical (unpaired) electrons. The van der Waals surface area contributed by atoms with Crippen molar-refractivity contribution in [3.05, 3.63) is 104 Å². The minimum atomic E-state index is -0.739. The molecule has 0 heterocycles. The summed E-state index contributed by atoms with van der Waals surface area (Å²) in [5.41, 5.74) is 1.19. The molecule has 3 aromatic rings. The van der Waals surface area contributed by atoms with E-state index in [4.69, 9.17) is 4.74 Å². The highest BCUT2D eigenvalue weighted by Crippen LogP contribution is 2.28. The molecule has 0 atom stereocenters. The third kappa shape index (κ3) is 5.78. The van der Waals surface area contributed by atoms with Crippen LogP contribution in [0.2, 0.25) is 0 Å². The van der Waals surface area contributed by atoms with E-state index in [1.165, 1.54) is 24.3 Å². The van der Waals surface area contributed by atoms with Gasteiger partial charge in [-0.05, 0) is 51.3 Å². The number of nitriles is 1. The summed E-state index contributed by atoms with van der Waals surface area (Å²) in [4.78, 5) is 23.0. The number of nitro groups is 1. The molecule has 0 aliphatic rings. The van der Waals surface area contributed by atoms with Crippen molar-refractivity contribution in [3.63, 3.8) is 0 Å². The number of nitro benzene ring substituents is 1. The lowest BCUT2D eigenvalue weighted by molar-refractivity contribution is -0.383. The Hall–Kier alpha value is -3.96. The molecule has 31 heavy (non-hydrogen) atoms. The molecule has 154 valence electrons. The Morgan fingerprint density at radius 2 is 1.84 bits per heavy atom. The number of para-hydroxylation sites is 2. The van der Waals surface area contributed by atoms with Crippen molar-refractivity contribution < 1.29 is 14.5 Å². The number of nitrogens with zero attached hydrogens (tertiary/aromatic N) is 2. The first-order valence-corrected chi connectivity index (χ1v) is 9.90. The molecule has 0 aliphatic carbocycles. The van der Waals surface area contributed by atoms with E-state index in [9.17, 15) is 20.2 Å². The molecule has 1 amide bonds. The highest BCUT2D eigenvalue weighted by molar-refractivity contribution is 9.10. The summed E-state index contributed by atoms with van der Waals surface area (Å²) < 4.78 is 6.46. The highest BCUT2D eigenvalue weighted by Gasteiger charge is 2.17. The zero-order chi connectivity index (χ0) is 22.2. The maximum atomic E-state index is 12.5. The van der Waals surface area contributed by atoms with Crippen molar-refractivity contribution in [1.82, 2.24) is 0 Å². The predicted octanol–water partition coefficient (Wildman–Crippen LogP) is 5.48. The number of carbonyl (C=O) groups is 1. The summed E-state index contributed by atoms with van der Waals surface area (Å²) in [5.74, 6) is -0.124. The first-order valence-electron chi connectivity index (χ1n) is 9.11. The molecule has 0 saturated heterocycles. The Labute approximate surface area is 186 Å². The molecule has 0 unspecified atom stereocenters. The number of ether oxygens (including phenoxy) is 1. The van der Waals surface area contributed by atoms with Gasteiger partial charge in [0.25, 0.3) is 11.6 Å². The lowest BCUT2D eigenvalue weighted by Crippen LogP contribution is -2.14. The molecular weight excluding hydrogens is 462 g/mol. The van der Waals surface area contributed by atoms with Gasteiger partial charge in [-0.25, -0.2) is 0 Å². The zero-order valence-electron chi connectivity index (χ0n) is 16.1. The van der Waals surface area contributed by atoms with Gasteiger partial charge in [0, 0.05) is 6.07 Å². The Morgan fingerprint density at radius 1 is 1.13 bits per heavy atom. The van der Waals surface area contributed by atoms with E-state index < -0.39 is 10.8 Å². The second-order valence-corrected chi connectivity index (χ2v) is 7.22. The Morgan fingerprint density at radius 3 is 2.52 bits per heavy atom. The third-order valence-electron chi connectivity index (χ3n) is 4.22. The van der Waals surface area contributed by atoms with E-state index in [0.717, 1.165) is 5.56 Å². The molecule has 8 heteroatoms. The van der Waals surface area contributed by atoms with E-state index in [1.807, 2.05) is 36.4 Å². The monoisotopic (exact) mass is 477 g/mol. The average molecular weight is 478 g/mol. The molecule has 0 bridgehead atoms. The van der Waals surface area contributed by atoms with Crippen LogP contribution in [0.25, 0.3) is 6.08 Å². The van der Waals surface area contributed by atoms with Crippen LogP contribution in [0.3, 0.4) is 0 Å². The second kappa shape index (κ2) is 10.2. The van der Waals surface area contributed by atoms with Crippen molar-refractivity contribution >= 4 is 39.3 Å². The number of amides is 1. The number of hydrogen-bond acceptors (Lipinski definition) is 5. The lowest BCUT2D eigenvalue weighted by Gasteiger charge is -2.09. The van der Waals surface area contributed by atoms with Crippen LogP contribution in [0.5, 0.6) is 5.75 Å². The van der Waals surface area contributed by atoms with Gasteiger partial charge in [0.2, 0.25) is 0 Å². The fourth-order valence-corrected chi connectivity index (χ4v) is 3.21. The molecule has 1 N–H and O–H groups in total. The van der Waals surface area contributed by atoms with Crippen molar-refractivity contribution in [3.8, 4) is 11.8 Å². The zero-order valence-corrected chi connectivity index (χ0v) is 17.7. The molecule has 0 spiro atoms. The predicted molar refractivity (Wildman–Crippen MR) is 120 cm³/mol. The Bertz CT molecular complexity index is 1190. The molecule has 0 aliphatic heterocycles. The molecule has 7 nitrogen and oxygen atoms in total. The van der Waals surface area contributed by atoms with Crippen LogP contribution < -0.4 is 10.1 Å². The molecule has 0 saturated carbocycles. The van der Waals surface area contributed by atoms with Crippen LogP contribution in [0, 0.1) is 21.4 Å². The van der Waals surface area contributed by atoms with E-state index in [2.05, 4.69) is 21.2 Å². The number of anilines is 1. The van der Waals surface area contributed by atoms with E-state index >= 15 is 0 Å². The Balaban J connectivity index is 1.75. The number of carbonyl (C=O) groups excluding carboxylic acids is 1. The van der Waals surface area contributed by atoms with Gasteiger partial charge < -0.3 is 10.1 Å². The Kier molecular flexibility index (Phi) is 7.14. The number of hydrogen-bond donors (Lipinski definition) is 1. The van der Waals surface area contributed by atoms with Gasteiger partial charge >= 0.3 is 0 Å². The smallest absolute Gasteiger partial charge is 0.292 e. The normalized spacial score (nSPS) is 10.8. The standard InChI is InChI=1S/C23H16BrN3O4/c24-19-13-17(10-11-22(19)31-15-16-6-2-1-3-7-16)12-18(14-25)23(28)26-20-8-4-5-9-21(20)27(29)30/h1-13H,15H2,(H,26,28)/b18-12+. The van der Waals surface area contributed by atoms with Crippen LogP contribution in [0.1, 0.15) is 11.1 Å². The van der Waals surface area contributed by atoms with Crippen LogP contribution in [0.4, 0.5) is 11.4 Å². The molecule has 0 aromatic heterocycles. The largest absolute Gasteiger partial charge is 0.488 e. The van der Waals surface area contributed by atoms with Crippen LogP contribution in [-0.2, 0) is 11.4 Å². The van der Waals surface area contributed by atoms with Crippen LogP contribution >= 0.6 is 15.9 Å². The third-order valence-corrected chi connectivity index (χ3v) is 4.84. The van der Waals surface area contributed by atoms with E-state index in [-0.39, 0.29) is 16.9 Å². The number of benzene rings is 3. The van der Waals surface area contributed by atoms with Gasteiger partial charge in [-0.1, -0.05) is 48.5 Å². The highest BCUT2D eigenvalue weighted by atomic mass is 79.9. The topological polar surface area (TPSA) is 105 Å². The SMILES string of the molecule is N#C/C(=C\c1ccc(OCc2ccccc2)c(Br)c1)C(=O)Nc1ccccc1[N+](=O)[O-]. The van der Waals surface area contributed by atoms with Gasteiger partial charge in [-0.15, -0.1) is 0 Å². The summed E-state index contributed by atoms with van der Waals surface area (Å²) in [6.07, 6.45) is 1.40. The maximum Gasteiger partial charge on any atom is 0.292 e. The summed E-state index contributed by atoms with van der Waals surface area (Å²) in [7, 11) is 0. The average Bonchev–Trinajstić information content (AvgIpc) is 2.77. The summed E-state index contributed by atoms with van der Waals surface area (Å²) in [5, 5.41) is 22.9. The molecular formula is C23H16BrN3O4. The van der Waals surface area contributed by atoms with Crippen LogP contribution in [0.15, 0.2) is 82.8 Å². The minimum Gasteiger partial charge on any atom is -0.488 e. The van der Waals surface area contributed by atoms with Gasteiger partial charge in [-0.2, -0.15) is 5.26 Å². The van der Waals surface area contributed by atoms with E-state index in [0.29, 0.717) is 22.4 Å². The minimum absolute atomic E-state index is 0.0180. The van der Waals surface area contributed by atoms with Crippen molar-refractivity contribution in [1.29, 1.82) is 5.26 Å². The summed E-state index contributed by atoms with van der Waals surface area (Å²) in [6, 6.07) is 22.4. The van der Waals surface area contributed by atoms with Gasteiger partial charge in [0.1, 0.15) is 29.7 Å². The summed E-state index contributed by atoms with van der Waals surface area (Å²) >= 11 is 3.44. The molecule has 0 fully saturated rings. The van der Waals surface area contributed by atoms with Crippen molar-refractivity contribution in [2.45, 2.75) is 6.61 Å². The fraction of sp³-hybridized carbons (Fsp3) is 0.0435. The van der Waals surface area contributed by atoms with Crippen LogP contribution in [-0.4, -0.2) is 10.8 Å².